The van der Waals surface area contributed by atoms with Crippen LogP contribution in [0.15, 0.2) is 189 Å². The van der Waals surface area contributed by atoms with Gasteiger partial charge in [0.15, 0.2) is 0 Å². The smallest absolute Gasteiger partial charge is 0.298 e. The fourth-order valence-electron chi connectivity index (χ4n) is 15.1. The standard InChI is InChI=1S/C27H25N3O3S.C26H27N5O3.C26H25N3O3S/c1-2-6-22(31)30-14-13-27(17-30)15-19(16-27)26-29-23(24(34-26)25(28)32)18-9-11-21(12-10-18)33-20-7-4-3-5-8-20;1-2-21(32)30-13-12-26(16-30)14-18(15-26)31-24(27)22(25(28)33)23(29-31)17-8-10-20(11-9-17)34-19-6-4-3-5-7-19;1-2-21(30)29-13-12-26(16-29)14-18(15-26)25-28-22(23(33-25)24(27)31)17-8-10-20(11-9-17)32-19-6-4-3-5-7-19/h3-5,7-12,19H,13-17H2,1H3,(H2,28,32);2-11,18H,1,12-16,27H2,(H2,28,33);2-11,18H,1,12-16H2,(H2,27,31). The topological polar surface area (TPSA) is 288 Å². The van der Waals surface area contributed by atoms with E-state index in [1.165, 1.54) is 34.8 Å². The van der Waals surface area contributed by atoms with Crippen molar-refractivity contribution in [2.24, 2.45) is 33.4 Å². The highest BCUT2D eigenvalue weighted by atomic mass is 32.1. The largest absolute Gasteiger partial charge is 0.457 e. The van der Waals surface area contributed by atoms with Gasteiger partial charge in [-0.05, 0) is 208 Å². The van der Waals surface area contributed by atoms with E-state index in [4.69, 9.17) is 52.2 Å². The van der Waals surface area contributed by atoms with Crippen LogP contribution >= 0.6 is 22.7 Å². The molecule has 514 valence electrons. The van der Waals surface area contributed by atoms with Gasteiger partial charge in [-0.1, -0.05) is 73.7 Å². The lowest BCUT2D eigenvalue weighted by Gasteiger charge is -2.45. The maximum Gasteiger partial charge on any atom is 0.298 e. The lowest BCUT2D eigenvalue weighted by Crippen LogP contribution is -2.42. The number of ether oxygens (including phenoxy) is 3. The third kappa shape index (κ3) is 14.8. The molecule has 3 spiro atoms. The molecule has 0 unspecified atom stereocenters. The van der Waals surface area contributed by atoms with Crippen LogP contribution in [0.25, 0.3) is 33.8 Å². The van der Waals surface area contributed by atoms with Crippen LogP contribution in [-0.2, 0) is 14.4 Å². The number of primary amides is 3. The molecule has 6 fully saturated rings. The van der Waals surface area contributed by atoms with Gasteiger partial charge < -0.3 is 51.8 Å². The van der Waals surface area contributed by atoms with Gasteiger partial charge in [0.25, 0.3) is 23.6 Å². The summed E-state index contributed by atoms with van der Waals surface area (Å²) in [5.74, 6) is 8.89. The Labute approximate surface area is 593 Å². The number of benzene rings is 6. The van der Waals surface area contributed by atoms with Crippen LogP contribution in [-0.4, -0.2) is 109 Å². The maximum absolute atomic E-state index is 12.3. The number of carbonyl (C=O) groups excluding carboxylic acids is 6. The highest BCUT2D eigenvalue weighted by Crippen LogP contribution is 2.59. The molecule has 6 heterocycles. The minimum Gasteiger partial charge on any atom is -0.457 e. The van der Waals surface area contributed by atoms with Gasteiger partial charge in [-0.2, -0.15) is 5.10 Å². The molecule has 101 heavy (non-hydrogen) atoms. The first kappa shape index (κ1) is 68.4. The number of anilines is 1. The molecule has 8 N–H and O–H groups in total. The number of aromatic nitrogens is 4. The lowest BCUT2D eigenvalue weighted by molar-refractivity contribution is -0.126. The second kappa shape index (κ2) is 29.0. The van der Waals surface area contributed by atoms with Crippen molar-refractivity contribution in [3.8, 4) is 80.1 Å². The Morgan fingerprint density at radius 2 is 0.832 bits per heavy atom. The van der Waals surface area contributed by atoms with Crippen LogP contribution in [0.2, 0.25) is 0 Å². The summed E-state index contributed by atoms with van der Waals surface area (Å²) in [5.41, 5.74) is 28.2. The number of amides is 6. The van der Waals surface area contributed by atoms with Gasteiger partial charge in [-0.15, -0.1) is 22.7 Å². The van der Waals surface area contributed by atoms with Gasteiger partial charge in [0.05, 0.1) is 27.4 Å². The number of likely N-dealkylation sites (tertiary alicyclic amines) is 3. The zero-order valence-corrected chi connectivity index (χ0v) is 57.6. The van der Waals surface area contributed by atoms with E-state index in [1.807, 2.05) is 178 Å². The van der Waals surface area contributed by atoms with Crippen molar-refractivity contribution in [2.45, 2.75) is 82.6 Å². The Morgan fingerprint density at radius 3 is 1.19 bits per heavy atom. The van der Waals surface area contributed by atoms with Crippen LogP contribution < -0.4 is 37.1 Å². The van der Waals surface area contributed by atoms with Gasteiger partial charge >= 0.3 is 0 Å². The fourth-order valence-corrected chi connectivity index (χ4v) is 17.1. The van der Waals surface area contributed by atoms with E-state index in [-0.39, 0.29) is 57.3 Å². The average molecular weight is 1390 g/mol. The number of nitrogens with zero attached hydrogens (tertiary/aromatic N) is 7. The van der Waals surface area contributed by atoms with Crippen LogP contribution in [0.5, 0.6) is 34.5 Å². The minimum absolute atomic E-state index is 0.00238. The summed E-state index contributed by atoms with van der Waals surface area (Å²) in [6.07, 6.45) is 11.3. The number of para-hydroxylation sites is 3. The van der Waals surface area contributed by atoms with Gasteiger partial charge in [0.2, 0.25) is 11.8 Å². The molecule has 3 saturated heterocycles. The number of nitrogen functional groups attached to an aromatic ring is 1. The van der Waals surface area contributed by atoms with Crippen LogP contribution in [0.3, 0.4) is 0 Å². The molecule has 15 rings (SSSR count). The molecule has 3 aliphatic heterocycles. The highest BCUT2D eigenvalue weighted by molar-refractivity contribution is 7.14. The SMILES string of the molecule is C=CC(=O)N1CCC2(CC(c3nc(-c4ccc(Oc5ccccc5)cc4)c(C(N)=O)s3)C2)C1.C=CC(=O)N1CCC2(CC(n3nc(-c4ccc(Oc5ccccc5)cc4)c(C(N)=O)c3N)C2)C1.CC#CC(=O)N1CCC2(CC(c3nc(-c4ccc(Oc5ccccc5)cc4)c(C(N)=O)s3)C2)C1. The Bertz CT molecular complexity index is 4660. The molecule has 6 aliphatic rings. The lowest BCUT2D eigenvalue weighted by atomic mass is 9.61. The molecule has 20 nitrogen and oxygen atoms in total. The van der Waals surface area contributed by atoms with Crippen LogP contribution in [0.1, 0.15) is 122 Å². The molecule has 3 aromatic heterocycles. The van der Waals surface area contributed by atoms with Gasteiger partial charge in [0, 0.05) is 67.8 Å². The molecular weight excluding hydrogens is 1310 g/mol. The quantitative estimate of drug-likeness (QED) is 0.0488. The summed E-state index contributed by atoms with van der Waals surface area (Å²) < 4.78 is 19.3. The van der Waals surface area contributed by atoms with Crippen molar-refractivity contribution >= 4 is 63.9 Å². The molecule has 0 atom stereocenters. The van der Waals surface area contributed by atoms with E-state index in [9.17, 15) is 28.8 Å². The van der Waals surface area contributed by atoms with Gasteiger partial charge in [-0.3, -0.25) is 28.8 Å². The molecule has 0 bridgehead atoms. The number of carbonyl (C=O) groups is 6. The summed E-state index contributed by atoms with van der Waals surface area (Å²) in [6.45, 7) is 13.4. The predicted molar refractivity (Wildman–Crippen MR) is 389 cm³/mol. The first-order chi connectivity index (χ1) is 48.8. The second-order valence-corrected chi connectivity index (χ2v) is 29.0. The molecule has 6 aromatic carbocycles. The number of nitrogens with two attached hydrogens (primary N) is 4. The molecule has 9 aromatic rings. The maximum atomic E-state index is 12.3. The number of rotatable bonds is 17. The Balaban J connectivity index is 0.000000135. The van der Waals surface area contributed by atoms with Crippen molar-refractivity contribution < 1.29 is 43.0 Å². The second-order valence-electron chi connectivity index (χ2n) is 27.0. The van der Waals surface area contributed by atoms with Crippen LogP contribution in [0.4, 0.5) is 5.82 Å². The van der Waals surface area contributed by atoms with Crippen molar-refractivity contribution in [2.75, 3.05) is 45.0 Å². The summed E-state index contributed by atoms with van der Waals surface area (Å²) in [4.78, 5) is 88.9. The molecule has 3 saturated carbocycles. The summed E-state index contributed by atoms with van der Waals surface area (Å²) in [5, 5.41) is 6.60. The predicted octanol–water partition coefficient (Wildman–Crippen LogP) is 13.6. The molecular formula is C79H77N11O9S2. The van der Waals surface area contributed by atoms with E-state index in [2.05, 4.69) is 25.0 Å². The number of thiazole rings is 2. The Kier molecular flexibility index (Phi) is 19.6. The van der Waals surface area contributed by atoms with Crippen LogP contribution in [0, 0.1) is 28.1 Å². The Morgan fingerprint density at radius 1 is 0.485 bits per heavy atom. The zero-order valence-electron chi connectivity index (χ0n) is 55.9. The average Bonchev–Trinajstić information content (AvgIpc) is 1.62. The molecule has 22 heteroatoms. The highest BCUT2D eigenvalue weighted by Gasteiger charge is 2.53. The first-order valence-electron chi connectivity index (χ1n) is 33.6. The van der Waals surface area contributed by atoms with Gasteiger partial charge in [0.1, 0.15) is 61.3 Å². The molecule has 0 radical (unpaired) electrons. The molecule has 3 aliphatic carbocycles. The van der Waals surface area contributed by atoms with Crippen molar-refractivity contribution in [1.29, 1.82) is 0 Å². The fraction of sp³-hybridized carbons (Fsp3) is 0.278. The number of hydrogen-bond acceptors (Lipinski definition) is 15. The summed E-state index contributed by atoms with van der Waals surface area (Å²) >= 11 is 2.78. The third-order valence-corrected chi connectivity index (χ3v) is 22.6. The monoisotopic (exact) mass is 1390 g/mol. The van der Waals surface area contributed by atoms with E-state index < -0.39 is 17.7 Å². The van der Waals surface area contributed by atoms with E-state index in [0.717, 1.165) is 134 Å². The number of hydrogen-bond donors (Lipinski definition) is 4. The summed E-state index contributed by atoms with van der Waals surface area (Å²) in [7, 11) is 0. The van der Waals surface area contributed by atoms with Crippen molar-refractivity contribution in [1.82, 2.24) is 34.4 Å². The Hall–Kier alpha value is -11.2. The van der Waals surface area contributed by atoms with Gasteiger partial charge in [-0.25, -0.2) is 14.6 Å². The van der Waals surface area contributed by atoms with E-state index >= 15 is 0 Å². The third-order valence-electron chi connectivity index (χ3n) is 20.2. The van der Waals surface area contributed by atoms with E-state index in [1.54, 1.807) is 11.6 Å². The van der Waals surface area contributed by atoms with Crippen molar-refractivity contribution in [3.63, 3.8) is 0 Å². The van der Waals surface area contributed by atoms with E-state index in [0.29, 0.717) is 56.5 Å². The molecule has 6 amide bonds. The summed E-state index contributed by atoms with van der Waals surface area (Å²) in [6, 6.07) is 51.1. The first-order valence-corrected chi connectivity index (χ1v) is 35.3. The van der Waals surface area contributed by atoms with Crippen molar-refractivity contribution in [3.05, 3.63) is 214 Å². The zero-order chi connectivity index (χ0) is 70.6. The normalized spacial score (nSPS) is 21.3. The minimum atomic E-state index is -0.610.